The first-order chi connectivity index (χ1) is 5.16. The fourth-order valence-corrected chi connectivity index (χ4v) is 1.30. The molecule has 0 bridgehead atoms. The minimum atomic E-state index is 0.500. The Morgan fingerprint density at radius 3 is 2.73 bits per heavy atom. The Morgan fingerprint density at radius 1 is 1.73 bits per heavy atom. The molecule has 0 fully saturated rings. The van der Waals surface area contributed by atoms with Crippen molar-refractivity contribution >= 4 is 21.7 Å². The number of hydrogen-bond donors (Lipinski definition) is 1. The van der Waals surface area contributed by atoms with Gasteiger partial charge < -0.3 is 10.5 Å². The number of anilines is 1. The number of rotatable bonds is 2. The lowest BCUT2D eigenvalue weighted by atomic mass is 10.4. The number of methoxy groups -OCH3 is 1. The van der Waals surface area contributed by atoms with E-state index in [2.05, 4.69) is 21.0 Å². The van der Waals surface area contributed by atoms with Crippen molar-refractivity contribution in [2.45, 2.75) is 6.61 Å². The van der Waals surface area contributed by atoms with Crippen LogP contribution in [0.4, 0.5) is 5.82 Å². The van der Waals surface area contributed by atoms with Gasteiger partial charge in [-0.1, -0.05) is 0 Å². The molecule has 5 heteroatoms. The van der Waals surface area contributed by atoms with Gasteiger partial charge in [-0.25, -0.2) is 0 Å². The quantitative estimate of drug-likeness (QED) is 0.805. The van der Waals surface area contributed by atoms with Crippen LogP contribution in [0, 0.1) is 0 Å². The van der Waals surface area contributed by atoms with Crippen molar-refractivity contribution in [2.24, 2.45) is 7.05 Å². The number of aromatic nitrogens is 2. The van der Waals surface area contributed by atoms with E-state index in [1.165, 1.54) is 0 Å². The Balaban J connectivity index is 3.02. The number of nitrogens with zero attached hydrogens (tertiary/aromatic N) is 2. The predicted molar refractivity (Wildman–Crippen MR) is 46.0 cm³/mol. The van der Waals surface area contributed by atoms with Gasteiger partial charge in [-0.3, -0.25) is 4.68 Å². The number of aryl methyl sites for hydroxylation is 1. The number of hydrogen-bond acceptors (Lipinski definition) is 3. The molecule has 0 saturated heterocycles. The lowest BCUT2D eigenvalue weighted by molar-refractivity contribution is 0.177. The van der Waals surface area contributed by atoms with E-state index in [9.17, 15) is 0 Å². The number of nitrogen functional groups attached to an aromatic ring is 1. The van der Waals surface area contributed by atoms with E-state index in [4.69, 9.17) is 10.5 Å². The lowest BCUT2D eigenvalue weighted by Crippen LogP contribution is -1.99. The van der Waals surface area contributed by atoms with Crippen molar-refractivity contribution in [2.75, 3.05) is 12.8 Å². The molecule has 1 aromatic rings. The number of ether oxygens (including phenoxy) is 1. The first-order valence-electron chi connectivity index (χ1n) is 3.12. The molecule has 1 aromatic heterocycles. The third-order valence-corrected chi connectivity index (χ3v) is 2.27. The second-order valence-electron chi connectivity index (χ2n) is 2.20. The van der Waals surface area contributed by atoms with Crippen LogP contribution in [0.25, 0.3) is 0 Å². The van der Waals surface area contributed by atoms with E-state index >= 15 is 0 Å². The molecule has 0 saturated carbocycles. The molecule has 0 amide bonds. The monoisotopic (exact) mass is 219 g/mol. The largest absolute Gasteiger partial charge is 0.381 e. The van der Waals surface area contributed by atoms with E-state index in [-0.39, 0.29) is 0 Å². The van der Waals surface area contributed by atoms with E-state index in [0.717, 1.165) is 10.2 Å². The highest BCUT2D eigenvalue weighted by Gasteiger charge is 2.09. The molecule has 1 heterocycles. The van der Waals surface area contributed by atoms with Gasteiger partial charge in [-0.05, 0) is 15.9 Å². The molecule has 0 spiro atoms. The summed E-state index contributed by atoms with van der Waals surface area (Å²) in [6, 6.07) is 0. The summed E-state index contributed by atoms with van der Waals surface area (Å²) < 4.78 is 7.47. The smallest absolute Gasteiger partial charge is 0.160 e. The maximum Gasteiger partial charge on any atom is 0.160 e. The molecule has 0 unspecified atom stereocenters. The van der Waals surface area contributed by atoms with E-state index in [0.29, 0.717) is 12.4 Å². The van der Waals surface area contributed by atoms with Crippen LogP contribution in [0.2, 0.25) is 0 Å². The molecule has 0 atom stereocenters. The summed E-state index contributed by atoms with van der Waals surface area (Å²) in [7, 11) is 3.46. The molecular formula is C6H10BrN3O. The molecule has 0 radical (unpaired) electrons. The molecule has 1 rings (SSSR count). The van der Waals surface area contributed by atoms with Crippen LogP contribution in [0.3, 0.4) is 0 Å². The van der Waals surface area contributed by atoms with Gasteiger partial charge in [-0.15, -0.1) is 0 Å². The molecule has 4 nitrogen and oxygen atoms in total. The Bertz CT molecular complexity index is 259. The van der Waals surface area contributed by atoms with Crippen molar-refractivity contribution in [1.29, 1.82) is 0 Å². The fourth-order valence-electron chi connectivity index (χ4n) is 0.849. The van der Waals surface area contributed by atoms with Gasteiger partial charge in [0.2, 0.25) is 0 Å². The lowest BCUT2D eigenvalue weighted by Gasteiger charge is -1.98. The van der Waals surface area contributed by atoms with Gasteiger partial charge in [-0.2, -0.15) is 5.10 Å². The maximum absolute atomic E-state index is 5.54. The van der Waals surface area contributed by atoms with Crippen molar-refractivity contribution in [1.82, 2.24) is 9.78 Å². The summed E-state index contributed by atoms with van der Waals surface area (Å²) >= 11 is 3.31. The Labute approximate surface area is 73.5 Å². The summed E-state index contributed by atoms with van der Waals surface area (Å²) in [6.07, 6.45) is 0. The van der Waals surface area contributed by atoms with Crippen LogP contribution in [-0.2, 0) is 18.4 Å². The maximum atomic E-state index is 5.54. The van der Waals surface area contributed by atoms with E-state index in [1.807, 2.05) is 7.05 Å². The summed E-state index contributed by atoms with van der Waals surface area (Å²) in [5.41, 5.74) is 6.49. The highest BCUT2D eigenvalue weighted by molar-refractivity contribution is 9.10. The van der Waals surface area contributed by atoms with Crippen molar-refractivity contribution < 1.29 is 4.74 Å². The zero-order chi connectivity index (χ0) is 8.43. The van der Waals surface area contributed by atoms with Crippen molar-refractivity contribution in [3.8, 4) is 0 Å². The average Bonchev–Trinajstić information content (AvgIpc) is 2.17. The van der Waals surface area contributed by atoms with Gasteiger partial charge in [0.1, 0.15) is 0 Å². The third-order valence-electron chi connectivity index (χ3n) is 1.41. The second-order valence-corrected chi connectivity index (χ2v) is 3.00. The molecule has 11 heavy (non-hydrogen) atoms. The van der Waals surface area contributed by atoms with Crippen LogP contribution in [0.5, 0.6) is 0 Å². The number of halogens is 1. The molecule has 0 aliphatic carbocycles. The molecule has 2 N–H and O–H groups in total. The standard InChI is InChI=1S/C6H10BrN3O/c1-10-4(3-11-2)5(7)6(8)9-10/h3H2,1-2H3,(H2,8,9). The molecule has 62 valence electrons. The Hall–Kier alpha value is -0.550. The second kappa shape index (κ2) is 3.23. The summed E-state index contributed by atoms with van der Waals surface area (Å²) in [5, 5.41) is 4.00. The molecular weight excluding hydrogens is 210 g/mol. The molecule has 0 aliphatic heterocycles. The fraction of sp³-hybridized carbons (Fsp3) is 0.500. The predicted octanol–water partition coefficient (Wildman–Crippen LogP) is 0.911. The third kappa shape index (κ3) is 1.54. The van der Waals surface area contributed by atoms with Crippen LogP contribution < -0.4 is 5.73 Å². The summed E-state index contributed by atoms with van der Waals surface area (Å²) in [6.45, 7) is 0.515. The summed E-state index contributed by atoms with van der Waals surface area (Å²) in [4.78, 5) is 0. The molecule has 0 aliphatic rings. The minimum Gasteiger partial charge on any atom is -0.381 e. The van der Waals surface area contributed by atoms with Crippen molar-refractivity contribution in [3.63, 3.8) is 0 Å². The highest BCUT2D eigenvalue weighted by Crippen LogP contribution is 2.22. The summed E-state index contributed by atoms with van der Waals surface area (Å²) in [5.74, 6) is 0.500. The first kappa shape index (κ1) is 8.55. The van der Waals surface area contributed by atoms with Crippen LogP contribution >= 0.6 is 15.9 Å². The van der Waals surface area contributed by atoms with E-state index in [1.54, 1.807) is 11.8 Å². The average molecular weight is 220 g/mol. The van der Waals surface area contributed by atoms with E-state index < -0.39 is 0 Å². The molecule has 0 aromatic carbocycles. The SMILES string of the molecule is COCc1c(Br)c(N)nn1C. The van der Waals surface area contributed by atoms with Crippen LogP contribution in [0.15, 0.2) is 4.47 Å². The van der Waals surface area contributed by atoms with Crippen LogP contribution in [-0.4, -0.2) is 16.9 Å². The van der Waals surface area contributed by atoms with Gasteiger partial charge in [0, 0.05) is 14.2 Å². The van der Waals surface area contributed by atoms with Gasteiger partial charge >= 0.3 is 0 Å². The van der Waals surface area contributed by atoms with Crippen LogP contribution in [0.1, 0.15) is 5.69 Å². The highest BCUT2D eigenvalue weighted by atomic mass is 79.9. The Morgan fingerprint density at radius 2 is 2.36 bits per heavy atom. The topological polar surface area (TPSA) is 53.1 Å². The van der Waals surface area contributed by atoms with Gasteiger partial charge in [0.25, 0.3) is 0 Å². The zero-order valence-electron chi connectivity index (χ0n) is 6.47. The zero-order valence-corrected chi connectivity index (χ0v) is 8.05. The normalized spacial score (nSPS) is 10.5. The number of nitrogens with two attached hydrogens (primary N) is 1. The minimum absolute atomic E-state index is 0.500. The van der Waals surface area contributed by atoms with Gasteiger partial charge in [0.15, 0.2) is 5.82 Å². The Kier molecular flexibility index (Phi) is 2.51. The first-order valence-corrected chi connectivity index (χ1v) is 3.92. The van der Waals surface area contributed by atoms with Gasteiger partial charge in [0.05, 0.1) is 16.8 Å². The van der Waals surface area contributed by atoms with Crippen molar-refractivity contribution in [3.05, 3.63) is 10.2 Å².